The minimum atomic E-state index is -0.307. The summed E-state index contributed by atoms with van der Waals surface area (Å²) in [5, 5.41) is 0. The minimum Gasteiger partial charge on any atom is -0.366 e. The van der Waals surface area contributed by atoms with E-state index in [9.17, 15) is 9.59 Å². The van der Waals surface area contributed by atoms with E-state index in [1.54, 1.807) is 0 Å². The van der Waals surface area contributed by atoms with Crippen LogP contribution in [0.3, 0.4) is 0 Å². The summed E-state index contributed by atoms with van der Waals surface area (Å²) < 4.78 is 0. The van der Waals surface area contributed by atoms with E-state index in [4.69, 9.17) is 5.73 Å². The zero-order valence-electron chi connectivity index (χ0n) is 20.3. The van der Waals surface area contributed by atoms with Crippen LogP contribution < -0.4 is 5.73 Å². The summed E-state index contributed by atoms with van der Waals surface area (Å²) >= 11 is 0. The summed E-state index contributed by atoms with van der Waals surface area (Å²) in [4.78, 5) is 29.9. The number of nitrogens with two attached hydrogens (primary N) is 1. The molecular formula is C28H46N2O2. The lowest BCUT2D eigenvalue weighted by molar-refractivity contribution is -0.135. The van der Waals surface area contributed by atoms with Gasteiger partial charge >= 0.3 is 0 Å². The lowest BCUT2D eigenvalue weighted by Gasteiger charge is -2.44. The first-order chi connectivity index (χ1) is 15.7. The molecule has 0 spiro atoms. The lowest BCUT2D eigenvalue weighted by Crippen LogP contribution is -2.50. The third kappa shape index (κ3) is 5.59. The number of amides is 2. The van der Waals surface area contributed by atoms with Crippen molar-refractivity contribution in [1.29, 1.82) is 0 Å². The quantitative estimate of drug-likeness (QED) is 0.482. The molecule has 0 unspecified atom stereocenters. The second kappa shape index (κ2) is 11.7. The lowest BCUT2D eigenvalue weighted by atomic mass is 9.74. The van der Waals surface area contributed by atoms with Gasteiger partial charge in [-0.3, -0.25) is 9.59 Å². The summed E-state index contributed by atoms with van der Waals surface area (Å²) in [5.74, 6) is 0.338. The van der Waals surface area contributed by atoms with Crippen LogP contribution in [0, 0.1) is 11.8 Å². The molecule has 4 rings (SSSR count). The van der Waals surface area contributed by atoms with Crippen molar-refractivity contribution in [3.63, 3.8) is 0 Å². The van der Waals surface area contributed by atoms with Crippen LogP contribution >= 0.6 is 0 Å². The molecule has 4 aliphatic rings. The van der Waals surface area contributed by atoms with Gasteiger partial charge in [-0.2, -0.15) is 0 Å². The molecule has 0 bridgehead atoms. The molecule has 0 heterocycles. The van der Waals surface area contributed by atoms with Gasteiger partial charge in [-0.05, 0) is 63.2 Å². The first-order valence-corrected chi connectivity index (χ1v) is 14.0. The molecule has 0 aromatic heterocycles. The van der Waals surface area contributed by atoms with Crippen molar-refractivity contribution in [2.45, 2.75) is 141 Å². The number of carbonyl (C=O) groups excluding carboxylic acids is 2. The fourth-order valence-electron chi connectivity index (χ4n) is 7.33. The van der Waals surface area contributed by atoms with Crippen molar-refractivity contribution in [3.8, 4) is 0 Å². The van der Waals surface area contributed by atoms with E-state index in [1.807, 2.05) is 0 Å². The number of hydrogen-bond donors (Lipinski definition) is 1. The van der Waals surface area contributed by atoms with Crippen LogP contribution in [0.25, 0.3) is 0 Å². The Balaban J connectivity index is 1.74. The van der Waals surface area contributed by atoms with Gasteiger partial charge in [-0.1, -0.05) is 77.0 Å². The molecular weight excluding hydrogens is 396 g/mol. The number of nitrogens with zero attached hydrogens (tertiary/aromatic N) is 1. The van der Waals surface area contributed by atoms with Crippen LogP contribution in [-0.4, -0.2) is 28.8 Å². The summed E-state index contributed by atoms with van der Waals surface area (Å²) in [6.45, 7) is 0. The number of primary amides is 1. The van der Waals surface area contributed by atoms with Crippen LogP contribution in [-0.2, 0) is 9.59 Å². The highest BCUT2D eigenvalue weighted by atomic mass is 16.2. The molecule has 0 aliphatic heterocycles. The third-order valence-corrected chi connectivity index (χ3v) is 8.98. The summed E-state index contributed by atoms with van der Waals surface area (Å²) in [6, 6.07) is 0.719. The third-order valence-electron chi connectivity index (χ3n) is 8.98. The van der Waals surface area contributed by atoms with E-state index in [-0.39, 0.29) is 23.7 Å². The molecule has 4 nitrogen and oxygen atoms in total. The van der Waals surface area contributed by atoms with Gasteiger partial charge in [-0.25, -0.2) is 0 Å². The molecule has 4 heteroatoms. The number of hydrogen-bond acceptors (Lipinski definition) is 2. The van der Waals surface area contributed by atoms with E-state index >= 15 is 0 Å². The monoisotopic (exact) mass is 442 g/mol. The van der Waals surface area contributed by atoms with E-state index in [0.29, 0.717) is 12.1 Å². The van der Waals surface area contributed by atoms with Crippen molar-refractivity contribution in [2.75, 3.05) is 0 Å². The van der Waals surface area contributed by atoms with Gasteiger partial charge in [0, 0.05) is 23.2 Å². The predicted molar refractivity (Wildman–Crippen MR) is 130 cm³/mol. The van der Waals surface area contributed by atoms with Crippen LogP contribution in [0.15, 0.2) is 11.1 Å². The molecule has 4 saturated carbocycles. The summed E-state index contributed by atoms with van der Waals surface area (Å²) in [5.41, 5.74) is 7.73. The van der Waals surface area contributed by atoms with Gasteiger partial charge in [0.15, 0.2) is 0 Å². The van der Waals surface area contributed by atoms with Gasteiger partial charge in [0.2, 0.25) is 5.91 Å². The summed E-state index contributed by atoms with van der Waals surface area (Å²) in [7, 11) is 0. The van der Waals surface area contributed by atoms with Gasteiger partial charge in [-0.15, -0.1) is 0 Å². The maximum atomic E-state index is 14.6. The zero-order valence-corrected chi connectivity index (χ0v) is 20.3. The Morgan fingerprint density at radius 1 is 0.500 bits per heavy atom. The van der Waals surface area contributed by atoms with Gasteiger partial charge < -0.3 is 10.6 Å². The Labute approximate surface area is 195 Å². The van der Waals surface area contributed by atoms with Crippen molar-refractivity contribution in [1.82, 2.24) is 4.90 Å². The Kier molecular flexibility index (Phi) is 8.71. The summed E-state index contributed by atoms with van der Waals surface area (Å²) in [6.07, 6.45) is 23.3. The van der Waals surface area contributed by atoms with E-state index < -0.39 is 0 Å². The first-order valence-electron chi connectivity index (χ1n) is 14.0. The highest BCUT2D eigenvalue weighted by Crippen LogP contribution is 2.40. The Morgan fingerprint density at radius 2 is 0.844 bits per heavy atom. The zero-order chi connectivity index (χ0) is 22.3. The van der Waals surface area contributed by atoms with Crippen molar-refractivity contribution in [3.05, 3.63) is 11.1 Å². The molecule has 180 valence electrons. The van der Waals surface area contributed by atoms with Crippen molar-refractivity contribution in [2.24, 2.45) is 17.6 Å². The highest BCUT2D eigenvalue weighted by Gasteiger charge is 2.39. The average molecular weight is 443 g/mol. The largest absolute Gasteiger partial charge is 0.366 e. The smallest absolute Gasteiger partial charge is 0.251 e. The van der Waals surface area contributed by atoms with Crippen LogP contribution in [0.5, 0.6) is 0 Å². The normalized spacial score (nSPS) is 25.9. The first kappa shape index (κ1) is 23.8. The molecule has 2 N–H and O–H groups in total. The molecule has 4 fully saturated rings. The predicted octanol–water partition coefficient (Wildman–Crippen LogP) is 6.42. The van der Waals surface area contributed by atoms with E-state index in [2.05, 4.69) is 4.90 Å². The molecule has 0 atom stereocenters. The van der Waals surface area contributed by atoms with Crippen LogP contribution in [0.4, 0.5) is 0 Å². The molecule has 0 aromatic carbocycles. The Hall–Kier alpha value is -1.32. The second-order valence-corrected chi connectivity index (χ2v) is 11.2. The van der Waals surface area contributed by atoms with Crippen molar-refractivity contribution < 1.29 is 9.59 Å². The maximum Gasteiger partial charge on any atom is 0.251 e. The number of carbonyl (C=O) groups is 2. The molecule has 0 radical (unpaired) electrons. The van der Waals surface area contributed by atoms with Gasteiger partial charge in [0.1, 0.15) is 0 Å². The minimum absolute atomic E-state index is 0.196. The Bertz CT molecular complexity index is 643. The van der Waals surface area contributed by atoms with Gasteiger partial charge in [0.05, 0.1) is 0 Å². The molecule has 2 amide bonds. The SMILES string of the molecule is NC(=O)C(=C(C(=O)N(C1CCCCC1)C1CCCCC1)C1CCCCC1)C1CCCCC1. The fourth-order valence-corrected chi connectivity index (χ4v) is 7.33. The fraction of sp³-hybridized carbons (Fsp3) is 0.857. The standard InChI is InChI=1S/C28H46N2O2/c29-27(31)25(21-13-5-1-6-14-21)26(22-15-7-2-8-16-22)28(32)30(23-17-9-3-10-18-23)24-19-11-4-12-20-24/h21-24H,1-20H2,(H2,29,31). The van der Waals surface area contributed by atoms with Crippen molar-refractivity contribution >= 4 is 11.8 Å². The molecule has 0 aromatic rings. The maximum absolute atomic E-state index is 14.6. The molecule has 32 heavy (non-hydrogen) atoms. The van der Waals surface area contributed by atoms with E-state index in [0.717, 1.165) is 75.4 Å². The second-order valence-electron chi connectivity index (χ2n) is 11.2. The number of rotatable bonds is 6. The van der Waals surface area contributed by atoms with Gasteiger partial charge in [0.25, 0.3) is 5.91 Å². The van der Waals surface area contributed by atoms with Crippen LogP contribution in [0.1, 0.15) is 128 Å². The molecule has 4 aliphatic carbocycles. The van der Waals surface area contributed by atoms with Crippen LogP contribution in [0.2, 0.25) is 0 Å². The molecule has 0 saturated heterocycles. The highest BCUT2D eigenvalue weighted by molar-refractivity contribution is 6.05. The van der Waals surface area contributed by atoms with E-state index in [1.165, 1.54) is 64.2 Å². The average Bonchev–Trinajstić information content (AvgIpc) is 2.84. The Morgan fingerprint density at radius 3 is 1.22 bits per heavy atom. The topological polar surface area (TPSA) is 63.4 Å².